The van der Waals surface area contributed by atoms with E-state index in [0.717, 1.165) is 29.9 Å². The van der Waals surface area contributed by atoms with Crippen molar-refractivity contribution in [2.75, 3.05) is 6.61 Å². The summed E-state index contributed by atoms with van der Waals surface area (Å²) in [6, 6.07) is 6.36. The average Bonchev–Trinajstić information content (AvgIpc) is 2.34. The molecule has 2 nitrogen and oxygen atoms in total. The van der Waals surface area contributed by atoms with Crippen LogP contribution in [0.15, 0.2) is 30.4 Å². The number of rotatable bonds is 7. The highest BCUT2D eigenvalue weighted by Crippen LogP contribution is 2.26. The van der Waals surface area contributed by atoms with Gasteiger partial charge in [-0.2, -0.15) is 0 Å². The van der Waals surface area contributed by atoms with Crippen LogP contribution in [0.3, 0.4) is 0 Å². The van der Waals surface area contributed by atoms with E-state index >= 15 is 0 Å². The number of halogens is 1. The summed E-state index contributed by atoms with van der Waals surface area (Å²) in [4.78, 5) is 0. The molecule has 0 spiro atoms. The van der Waals surface area contributed by atoms with Crippen LogP contribution in [0.2, 0.25) is 5.02 Å². The second kappa shape index (κ2) is 7.45. The number of hydrogen-bond donors (Lipinski definition) is 1. The minimum absolute atomic E-state index is 0.465. The van der Waals surface area contributed by atoms with Gasteiger partial charge in [-0.15, -0.1) is 0 Å². The van der Waals surface area contributed by atoms with E-state index in [1.165, 1.54) is 0 Å². The van der Waals surface area contributed by atoms with Crippen molar-refractivity contribution in [1.29, 1.82) is 0 Å². The lowest BCUT2D eigenvalue weighted by Gasteiger charge is -2.12. The second-order valence-electron chi connectivity index (χ2n) is 4.69. The maximum atomic E-state index is 6.19. The third kappa shape index (κ3) is 5.11. The third-order valence-corrected chi connectivity index (χ3v) is 2.94. The Morgan fingerprint density at radius 1 is 1.44 bits per heavy atom. The van der Waals surface area contributed by atoms with Crippen LogP contribution in [-0.2, 0) is 6.54 Å². The van der Waals surface area contributed by atoms with E-state index in [1.54, 1.807) is 0 Å². The SMILES string of the molecule is C=C(CC)COc1ccc(CNC(C)C)cc1Cl. The van der Waals surface area contributed by atoms with Gasteiger partial charge in [0.05, 0.1) is 5.02 Å². The van der Waals surface area contributed by atoms with Gasteiger partial charge in [-0.25, -0.2) is 0 Å². The van der Waals surface area contributed by atoms with E-state index in [2.05, 4.69) is 32.7 Å². The fraction of sp³-hybridized carbons (Fsp3) is 0.467. The van der Waals surface area contributed by atoms with Crippen LogP contribution in [0.1, 0.15) is 32.8 Å². The summed E-state index contributed by atoms with van der Waals surface area (Å²) < 4.78 is 5.62. The predicted octanol–water partition coefficient (Wildman–Crippen LogP) is 4.18. The van der Waals surface area contributed by atoms with Crippen LogP contribution in [0.25, 0.3) is 0 Å². The van der Waals surface area contributed by atoms with Gasteiger partial charge in [0.15, 0.2) is 0 Å². The molecule has 18 heavy (non-hydrogen) atoms. The predicted molar refractivity (Wildman–Crippen MR) is 78.4 cm³/mol. The van der Waals surface area contributed by atoms with Crippen molar-refractivity contribution < 1.29 is 4.74 Å². The topological polar surface area (TPSA) is 21.3 Å². The van der Waals surface area contributed by atoms with Crippen molar-refractivity contribution in [2.45, 2.75) is 39.8 Å². The van der Waals surface area contributed by atoms with Gasteiger partial charge in [0.2, 0.25) is 0 Å². The largest absolute Gasteiger partial charge is 0.488 e. The van der Waals surface area contributed by atoms with Crippen molar-refractivity contribution in [1.82, 2.24) is 5.32 Å². The third-order valence-electron chi connectivity index (χ3n) is 2.64. The second-order valence-corrected chi connectivity index (χ2v) is 5.10. The van der Waals surface area contributed by atoms with Gasteiger partial charge in [-0.1, -0.05) is 45.0 Å². The molecule has 0 aliphatic rings. The molecule has 0 bridgehead atoms. The number of nitrogens with one attached hydrogen (secondary N) is 1. The van der Waals surface area contributed by atoms with Crippen LogP contribution in [-0.4, -0.2) is 12.6 Å². The summed E-state index contributed by atoms with van der Waals surface area (Å²) in [5.41, 5.74) is 2.23. The fourth-order valence-corrected chi connectivity index (χ4v) is 1.63. The standard InChI is InChI=1S/C15H22ClNO/c1-5-12(4)10-18-15-7-6-13(8-14(15)16)9-17-11(2)3/h6-8,11,17H,4-5,9-10H2,1-3H3. The first-order valence-electron chi connectivity index (χ1n) is 6.34. The van der Waals surface area contributed by atoms with Crippen molar-refractivity contribution in [3.05, 3.63) is 40.9 Å². The molecule has 0 saturated heterocycles. The van der Waals surface area contributed by atoms with Gasteiger partial charge in [-0.3, -0.25) is 0 Å². The van der Waals surface area contributed by atoms with Gasteiger partial charge in [-0.05, 0) is 29.7 Å². The highest BCUT2D eigenvalue weighted by atomic mass is 35.5. The van der Waals surface area contributed by atoms with Crippen molar-refractivity contribution in [3.8, 4) is 5.75 Å². The minimum Gasteiger partial charge on any atom is -0.488 e. The van der Waals surface area contributed by atoms with Crippen molar-refractivity contribution in [2.24, 2.45) is 0 Å². The van der Waals surface area contributed by atoms with Crippen LogP contribution >= 0.6 is 11.6 Å². The fourth-order valence-electron chi connectivity index (χ4n) is 1.38. The summed E-state index contributed by atoms with van der Waals surface area (Å²) in [5.74, 6) is 0.722. The monoisotopic (exact) mass is 267 g/mol. The van der Waals surface area contributed by atoms with Crippen LogP contribution in [0, 0.1) is 0 Å². The molecule has 0 unspecified atom stereocenters. The lowest BCUT2D eigenvalue weighted by molar-refractivity contribution is 0.349. The zero-order valence-electron chi connectivity index (χ0n) is 11.4. The van der Waals surface area contributed by atoms with Gasteiger partial charge in [0.25, 0.3) is 0 Å². The maximum absolute atomic E-state index is 6.19. The number of hydrogen-bond acceptors (Lipinski definition) is 2. The smallest absolute Gasteiger partial charge is 0.138 e. The summed E-state index contributed by atoms with van der Waals surface area (Å²) in [6.45, 7) is 11.6. The summed E-state index contributed by atoms with van der Waals surface area (Å²) >= 11 is 6.19. The molecular weight excluding hydrogens is 246 g/mol. The van der Waals surface area contributed by atoms with Gasteiger partial charge in [0, 0.05) is 12.6 Å². The zero-order chi connectivity index (χ0) is 13.5. The van der Waals surface area contributed by atoms with E-state index in [9.17, 15) is 0 Å². The minimum atomic E-state index is 0.465. The summed E-state index contributed by atoms with van der Waals surface area (Å²) in [7, 11) is 0. The zero-order valence-corrected chi connectivity index (χ0v) is 12.2. The Hall–Kier alpha value is -0.990. The first kappa shape index (κ1) is 15.1. The first-order chi connectivity index (χ1) is 8.52. The molecule has 1 aromatic rings. The summed E-state index contributed by atoms with van der Waals surface area (Å²) in [6.07, 6.45) is 0.925. The average molecular weight is 268 g/mol. The molecule has 0 atom stereocenters. The lowest BCUT2D eigenvalue weighted by atomic mass is 10.2. The Labute approximate surface area is 115 Å². The van der Waals surface area contributed by atoms with Gasteiger partial charge < -0.3 is 10.1 Å². The molecule has 3 heteroatoms. The van der Waals surface area contributed by atoms with E-state index in [0.29, 0.717) is 17.7 Å². The first-order valence-corrected chi connectivity index (χ1v) is 6.72. The van der Waals surface area contributed by atoms with E-state index < -0.39 is 0 Å². The van der Waals surface area contributed by atoms with Crippen LogP contribution in [0.5, 0.6) is 5.75 Å². The van der Waals surface area contributed by atoms with E-state index in [1.807, 2.05) is 18.2 Å². The number of benzene rings is 1. The maximum Gasteiger partial charge on any atom is 0.138 e. The Morgan fingerprint density at radius 2 is 2.17 bits per heavy atom. The Kier molecular flexibility index (Phi) is 6.23. The highest BCUT2D eigenvalue weighted by Gasteiger charge is 2.04. The molecule has 0 aromatic heterocycles. The van der Waals surface area contributed by atoms with Crippen molar-refractivity contribution in [3.63, 3.8) is 0 Å². The summed E-state index contributed by atoms with van der Waals surface area (Å²) in [5, 5.41) is 4.01. The van der Waals surface area contributed by atoms with E-state index in [4.69, 9.17) is 16.3 Å². The molecule has 0 amide bonds. The molecule has 1 rings (SSSR count). The lowest BCUT2D eigenvalue weighted by Crippen LogP contribution is -2.21. The molecule has 1 aromatic carbocycles. The highest BCUT2D eigenvalue weighted by molar-refractivity contribution is 6.32. The van der Waals surface area contributed by atoms with E-state index in [-0.39, 0.29) is 0 Å². The molecule has 0 aliphatic heterocycles. The molecule has 0 aliphatic carbocycles. The Bertz CT molecular complexity index is 401. The molecule has 0 heterocycles. The molecule has 0 saturated carbocycles. The molecule has 1 N–H and O–H groups in total. The molecule has 0 fully saturated rings. The molecule has 0 radical (unpaired) electrons. The normalized spacial score (nSPS) is 10.7. The Balaban J connectivity index is 2.59. The van der Waals surface area contributed by atoms with Crippen LogP contribution in [0.4, 0.5) is 0 Å². The molecular formula is C15H22ClNO. The van der Waals surface area contributed by atoms with Crippen LogP contribution < -0.4 is 10.1 Å². The van der Waals surface area contributed by atoms with Gasteiger partial charge >= 0.3 is 0 Å². The number of ether oxygens (including phenoxy) is 1. The molecule has 100 valence electrons. The Morgan fingerprint density at radius 3 is 2.72 bits per heavy atom. The van der Waals surface area contributed by atoms with Crippen molar-refractivity contribution >= 4 is 11.6 Å². The quantitative estimate of drug-likeness (QED) is 0.748. The van der Waals surface area contributed by atoms with Gasteiger partial charge in [0.1, 0.15) is 12.4 Å².